The van der Waals surface area contributed by atoms with E-state index in [-0.39, 0.29) is 29.9 Å². The molecule has 0 saturated carbocycles. The molecular formula is C23H21ClN6O4. The maximum atomic E-state index is 11.9. The lowest BCUT2D eigenvalue weighted by molar-refractivity contribution is -0.114. The van der Waals surface area contributed by atoms with Crippen molar-refractivity contribution in [3.8, 4) is 29.0 Å². The number of pyridine rings is 1. The lowest BCUT2D eigenvalue weighted by atomic mass is 10.1. The zero-order chi connectivity index (χ0) is 24.2. The Kier molecular flexibility index (Phi) is 6.65. The molecule has 4 rings (SSSR count). The molecular weight excluding hydrogens is 460 g/mol. The molecule has 0 bridgehead atoms. The van der Waals surface area contributed by atoms with Gasteiger partial charge < -0.3 is 20.1 Å². The Balaban J connectivity index is 1.67. The number of carbonyl (C=O) groups excluding carboxylic acids is 1. The summed E-state index contributed by atoms with van der Waals surface area (Å²) in [5, 5.41) is 27.1. The van der Waals surface area contributed by atoms with E-state index in [0.717, 1.165) is 0 Å². The first kappa shape index (κ1) is 23.1. The van der Waals surface area contributed by atoms with Crippen LogP contribution in [0.25, 0.3) is 11.3 Å². The molecule has 174 valence electrons. The molecule has 34 heavy (non-hydrogen) atoms. The van der Waals surface area contributed by atoms with Crippen LogP contribution in [0.3, 0.4) is 0 Å². The fourth-order valence-corrected chi connectivity index (χ4v) is 3.96. The maximum absolute atomic E-state index is 11.9. The standard InChI is InChI=1S/C23H21ClN6O4/c1-14(31)27-22-19(11-25)21(28-30(22)17-3-2-10-29(13-17)23(32)33)15-4-7-18(8-5-15)34-20-9-6-16(24)12-26-20/h4-9,12,17H,2-3,10,13H2,1H3,(H,27,31)(H,32,33). The second kappa shape index (κ2) is 9.80. The van der Waals surface area contributed by atoms with Gasteiger partial charge >= 0.3 is 6.09 Å². The minimum Gasteiger partial charge on any atom is -0.465 e. The van der Waals surface area contributed by atoms with Gasteiger partial charge in [0, 0.05) is 37.8 Å². The first-order valence-electron chi connectivity index (χ1n) is 10.5. The summed E-state index contributed by atoms with van der Waals surface area (Å²) in [5.74, 6) is 0.817. The number of piperidine rings is 1. The van der Waals surface area contributed by atoms with Crippen molar-refractivity contribution in [2.75, 3.05) is 18.4 Å². The summed E-state index contributed by atoms with van der Waals surface area (Å²) in [7, 11) is 0. The van der Waals surface area contributed by atoms with Gasteiger partial charge in [-0.25, -0.2) is 14.5 Å². The third-order valence-corrected chi connectivity index (χ3v) is 5.60. The van der Waals surface area contributed by atoms with Crippen LogP contribution in [0.5, 0.6) is 11.6 Å². The van der Waals surface area contributed by atoms with E-state index in [1.165, 1.54) is 18.0 Å². The number of halogens is 1. The van der Waals surface area contributed by atoms with Gasteiger partial charge in [-0.05, 0) is 43.2 Å². The van der Waals surface area contributed by atoms with Gasteiger partial charge in [-0.2, -0.15) is 10.4 Å². The number of hydrogen-bond donors (Lipinski definition) is 2. The molecule has 2 aromatic heterocycles. The van der Waals surface area contributed by atoms with Gasteiger partial charge in [-0.3, -0.25) is 4.79 Å². The molecule has 1 fully saturated rings. The monoisotopic (exact) mass is 480 g/mol. The molecule has 3 heterocycles. The fraction of sp³-hybridized carbons (Fsp3) is 0.261. The normalized spacial score (nSPS) is 15.4. The summed E-state index contributed by atoms with van der Waals surface area (Å²) in [5.41, 5.74) is 1.23. The molecule has 0 spiro atoms. The van der Waals surface area contributed by atoms with E-state index in [0.29, 0.717) is 47.3 Å². The van der Waals surface area contributed by atoms with Gasteiger partial charge in [-0.15, -0.1) is 0 Å². The molecule has 1 saturated heterocycles. The second-order valence-electron chi connectivity index (χ2n) is 7.78. The first-order valence-corrected chi connectivity index (χ1v) is 10.9. The predicted molar refractivity (Wildman–Crippen MR) is 124 cm³/mol. The highest BCUT2D eigenvalue weighted by atomic mass is 35.5. The zero-order valence-corrected chi connectivity index (χ0v) is 19.0. The smallest absolute Gasteiger partial charge is 0.407 e. The summed E-state index contributed by atoms with van der Waals surface area (Å²) < 4.78 is 7.28. The molecule has 3 aromatic rings. The molecule has 2 N–H and O–H groups in total. The van der Waals surface area contributed by atoms with Crippen molar-refractivity contribution in [2.24, 2.45) is 0 Å². The maximum Gasteiger partial charge on any atom is 0.407 e. The van der Waals surface area contributed by atoms with E-state index < -0.39 is 6.09 Å². The van der Waals surface area contributed by atoms with Gasteiger partial charge in [0.2, 0.25) is 11.8 Å². The number of carboxylic acid groups (broad SMARTS) is 1. The van der Waals surface area contributed by atoms with Crippen molar-refractivity contribution in [1.82, 2.24) is 19.7 Å². The fourth-order valence-electron chi connectivity index (χ4n) is 3.85. The lowest BCUT2D eigenvalue weighted by Gasteiger charge is -2.31. The summed E-state index contributed by atoms with van der Waals surface area (Å²) in [6, 6.07) is 12.1. The number of ether oxygens (including phenoxy) is 1. The zero-order valence-electron chi connectivity index (χ0n) is 18.2. The Morgan fingerprint density at radius 3 is 2.65 bits per heavy atom. The molecule has 0 aliphatic carbocycles. The molecule has 1 aromatic carbocycles. The number of nitriles is 1. The lowest BCUT2D eigenvalue weighted by Crippen LogP contribution is -2.40. The molecule has 11 heteroatoms. The number of carbonyl (C=O) groups is 2. The number of benzene rings is 1. The minimum atomic E-state index is -1.01. The third-order valence-electron chi connectivity index (χ3n) is 5.38. The van der Waals surface area contributed by atoms with Gasteiger partial charge in [0.05, 0.1) is 11.1 Å². The van der Waals surface area contributed by atoms with Crippen LogP contribution in [0.15, 0.2) is 42.6 Å². The molecule has 2 amide bonds. The van der Waals surface area contributed by atoms with E-state index in [4.69, 9.17) is 16.3 Å². The Hall–Kier alpha value is -4.10. The van der Waals surface area contributed by atoms with Crippen LogP contribution in [0.4, 0.5) is 10.6 Å². The molecule has 0 radical (unpaired) electrons. The SMILES string of the molecule is CC(=O)Nc1c(C#N)c(-c2ccc(Oc3ccc(Cl)cn3)cc2)nn1C1CCCN(C(=O)O)C1. The van der Waals surface area contributed by atoms with Crippen molar-refractivity contribution >= 4 is 29.4 Å². The third kappa shape index (κ3) is 4.94. The van der Waals surface area contributed by atoms with E-state index in [1.807, 2.05) is 0 Å². The number of nitrogens with one attached hydrogen (secondary N) is 1. The van der Waals surface area contributed by atoms with Crippen LogP contribution in [-0.4, -0.2) is 49.9 Å². The molecule has 1 atom stereocenters. The Morgan fingerprint density at radius 2 is 2.03 bits per heavy atom. The largest absolute Gasteiger partial charge is 0.465 e. The molecule has 1 aliphatic rings. The summed E-state index contributed by atoms with van der Waals surface area (Å²) >= 11 is 5.85. The van der Waals surface area contributed by atoms with Crippen LogP contribution in [-0.2, 0) is 4.79 Å². The van der Waals surface area contributed by atoms with Crippen molar-refractivity contribution in [1.29, 1.82) is 5.26 Å². The Bertz CT molecular complexity index is 1250. The topological polar surface area (TPSA) is 133 Å². The number of amides is 2. The quantitative estimate of drug-likeness (QED) is 0.547. The Morgan fingerprint density at radius 1 is 1.26 bits per heavy atom. The number of rotatable bonds is 5. The highest BCUT2D eigenvalue weighted by Gasteiger charge is 2.30. The summed E-state index contributed by atoms with van der Waals surface area (Å²) in [6.45, 7) is 2.00. The van der Waals surface area contributed by atoms with E-state index >= 15 is 0 Å². The second-order valence-corrected chi connectivity index (χ2v) is 8.21. The van der Waals surface area contributed by atoms with Crippen LogP contribution < -0.4 is 10.1 Å². The van der Waals surface area contributed by atoms with Crippen molar-refractivity contribution in [3.05, 3.63) is 53.2 Å². The van der Waals surface area contributed by atoms with E-state index in [2.05, 4.69) is 21.5 Å². The van der Waals surface area contributed by atoms with E-state index in [1.54, 1.807) is 41.1 Å². The molecule has 1 aliphatic heterocycles. The van der Waals surface area contributed by atoms with E-state index in [9.17, 15) is 20.0 Å². The minimum absolute atomic E-state index is 0.204. The summed E-state index contributed by atoms with van der Waals surface area (Å²) in [4.78, 5) is 28.8. The number of hydrogen-bond acceptors (Lipinski definition) is 6. The van der Waals surface area contributed by atoms with Crippen LogP contribution in [0, 0.1) is 11.3 Å². The van der Waals surface area contributed by atoms with Crippen LogP contribution >= 0.6 is 11.6 Å². The number of aromatic nitrogens is 3. The van der Waals surface area contributed by atoms with Gasteiger partial charge in [0.25, 0.3) is 0 Å². The van der Waals surface area contributed by atoms with Crippen molar-refractivity contribution in [2.45, 2.75) is 25.8 Å². The summed E-state index contributed by atoms with van der Waals surface area (Å²) in [6.07, 6.45) is 1.79. The molecule has 1 unspecified atom stereocenters. The first-order chi connectivity index (χ1) is 16.4. The highest BCUT2D eigenvalue weighted by Crippen LogP contribution is 2.34. The van der Waals surface area contributed by atoms with Gasteiger partial charge in [0.15, 0.2) is 0 Å². The Labute approximate surface area is 200 Å². The number of likely N-dealkylation sites (tertiary alicyclic amines) is 1. The highest BCUT2D eigenvalue weighted by molar-refractivity contribution is 6.30. The average Bonchev–Trinajstić information content (AvgIpc) is 3.18. The van der Waals surface area contributed by atoms with Gasteiger partial charge in [-0.1, -0.05) is 11.6 Å². The van der Waals surface area contributed by atoms with Crippen molar-refractivity contribution in [3.63, 3.8) is 0 Å². The molecule has 10 nitrogen and oxygen atoms in total. The number of nitrogens with zero attached hydrogens (tertiary/aromatic N) is 5. The van der Waals surface area contributed by atoms with Crippen LogP contribution in [0.2, 0.25) is 5.02 Å². The average molecular weight is 481 g/mol. The predicted octanol–water partition coefficient (Wildman–Crippen LogP) is 4.54. The van der Waals surface area contributed by atoms with Crippen LogP contribution in [0.1, 0.15) is 31.4 Å². The number of anilines is 1. The van der Waals surface area contributed by atoms with Crippen molar-refractivity contribution < 1.29 is 19.4 Å². The van der Waals surface area contributed by atoms with Gasteiger partial charge in [0.1, 0.15) is 28.9 Å².